The van der Waals surface area contributed by atoms with Gasteiger partial charge in [0.25, 0.3) is 0 Å². The van der Waals surface area contributed by atoms with Crippen molar-refractivity contribution in [2.45, 2.75) is 18.7 Å². The van der Waals surface area contributed by atoms with Crippen molar-refractivity contribution in [1.82, 2.24) is 9.97 Å². The van der Waals surface area contributed by atoms with E-state index < -0.39 is 0 Å². The Bertz CT molecular complexity index is 591. The number of benzene rings is 1. The van der Waals surface area contributed by atoms with Crippen LogP contribution in [0, 0.1) is 13.8 Å². The standard InChI is InChI=1S/C15H20N4S/c1-10-8-11(2)17-15(16-10)18-13-7-6-12(19(3)4)9-14(13)20-5/h6-9H,1-5H3,(H,16,17,18). The molecule has 20 heavy (non-hydrogen) atoms. The molecule has 0 atom stereocenters. The molecule has 0 fully saturated rings. The third-order valence-electron chi connectivity index (χ3n) is 2.93. The Labute approximate surface area is 124 Å². The zero-order valence-corrected chi connectivity index (χ0v) is 13.4. The first-order chi connectivity index (χ1) is 9.49. The van der Waals surface area contributed by atoms with E-state index in [-0.39, 0.29) is 0 Å². The van der Waals surface area contributed by atoms with E-state index in [1.165, 1.54) is 10.6 Å². The van der Waals surface area contributed by atoms with Crippen LogP contribution in [0.3, 0.4) is 0 Å². The monoisotopic (exact) mass is 288 g/mol. The van der Waals surface area contributed by atoms with Crippen molar-refractivity contribution in [3.8, 4) is 0 Å². The van der Waals surface area contributed by atoms with E-state index in [9.17, 15) is 0 Å². The second-order valence-corrected chi connectivity index (χ2v) is 5.73. The molecule has 1 aromatic carbocycles. The van der Waals surface area contributed by atoms with Crippen LogP contribution in [0.1, 0.15) is 11.4 Å². The van der Waals surface area contributed by atoms with E-state index in [0.717, 1.165) is 17.1 Å². The highest BCUT2D eigenvalue weighted by atomic mass is 32.2. The van der Waals surface area contributed by atoms with E-state index >= 15 is 0 Å². The summed E-state index contributed by atoms with van der Waals surface area (Å²) in [6.45, 7) is 3.95. The first-order valence-electron chi connectivity index (χ1n) is 6.44. The third-order valence-corrected chi connectivity index (χ3v) is 3.71. The molecule has 4 nitrogen and oxygen atoms in total. The topological polar surface area (TPSA) is 41.0 Å². The SMILES string of the molecule is CSc1cc(N(C)C)ccc1Nc1nc(C)cc(C)n1. The number of aryl methyl sites for hydroxylation is 2. The van der Waals surface area contributed by atoms with Crippen molar-refractivity contribution in [3.63, 3.8) is 0 Å². The average Bonchev–Trinajstić information content (AvgIpc) is 2.37. The van der Waals surface area contributed by atoms with Crippen LogP contribution in [0.25, 0.3) is 0 Å². The van der Waals surface area contributed by atoms with Crippen molar-refractivity contribution in [2.75, 3.05) is 30.6 Å². The Morgan fingerprint density at radius 2 is 1.70 bits per heavy atom. The number of hydrogen-bond acceptors (Lipinski definition) is 5. The Hall–Kier alpha value is -1.75. The zero-order valence-electron chi connectivity index (χ0n) is 12.6. The maximum absolute atomic E-state index is 4.42. The molecule has 2 rings (SSSR count). The van der Waals surface area contributed by atoms with Gasteiger partial charge in [0, 0.05) is 36.1 Å². The predicted molar refractivity (Wildman–Crippen MR) is 87.3 cm³/mol. The van der Waals surface area contributed by atoms with Gasteiger partial charge in [-0.3, -0.25) is 0 Å². The van der Waals surface area contributed by atoms with Gasteiger partial charge >= 0.3 is 0 Å². The van der Waals surface area contributed by atoms with Gasteiger partial charge < -0.3 is 10.2 Å². The Morgan fingerprint density at radius 1 is 1.05 bits per heavy atom. The van der Waals surface area contributed by atoms with Gasteiger partial charge in [-0.15, -0.1) is 11.8 Å². The summed E-state index contributed by atoms with van der Waals surface area (Å²) in [5.74, 6) is 0.649. The summed E-state index contributed by atoms with van der Waals surface area (Å²) in [4.78, 5) is 12.1. The molecule has 0 saturated heterocycles. The van der Waals surface area contributed by atoms with Crippen LogP contribution in [0.2, 0.25) is 0 Å². The summed E-state index contributed by atoms with van der Waals surface area (Å²) in [5, 5.41) is 3.31. The van der Waals surface area contributed by atoms with Gasteiger partial charge in [0.05, 0.1) is 5.69 Å². The predicted octanol–water partition coefficient (Wildman–Crippen LogP) is 3.62. The van der Waals surface area contributed by atoms with Crippen LogP contribution in [-0.4, -0.2) is 30.3 Å². The fourth-order valence-corrected chi connectivity index (χ4v) is 2.54. The fraction of sp³-hybridized carbons (Fsp3) is 0.333. The van der Waals surface area contributed by atoms with Crippen molar-refractivity contribution in [3.05, 3.63) is 35.7 Å². The van der Waals surface area contributed by atoms with Gasteiger partial charge in [-0.25, -0.2) is 9.97 Å². The van der Waals surface area contributed by atoms with Crippen LogP contribution in [0.4, 0.5) is 17.3 Å². The van der Waals surface area contributed by atoms with Gasteiger partial charge in [0.2, 0.25) is 5.95 Å². The lowest BCUT2D eigenvalue weighted by atomic mass is 10.2. The van der Waals surface area contributed by atoms with Crippen molar-refractivity contribution >= 4 is 29.1 Å². The number of nitrogens with one attached hydrogen (secondary N) is 1. The van der Waals surface area contributed by atoms with Crippen LogP contribution >= 0.6 is 11.8 Å². The lowest BCUT2D eigenvalue weighted by Gasteiger charge is -2.16. The molecule has 0 amide bonds. The number of anilines is 3. The summed E-state index contributed by atoms with van der Waals surface area (Å²) < 4.78 is 0. The van der Waals surface area contributed by atoms with E-state index in [4.69, 9.17) is 0 Å². The Morgan fingerprint density at radius 3 is 2.25 bits per heavy atom. The molecule has 0 bridgehead atoms. The van der Waals surface area contributed by atoms with Gasteiger partial charge in [-0.1, -0.05) is 0 Å². The minimum Gasteiger partial charge on any atom is -0.378 e. The normalized spacial score (nSPS) is 10.4. The summed E-state index contributed by atoms with van der Waals surface area (Å²) >= 11 is 1.71. The molecule has 0 aliphatic heterocycles. The second-order valence-electron chi connectivity index (χ2n) is 4.88. The van der Waals surface area contributed by atoms with Gasteiger partial charge in [0.1, 0.15) is 0 Å². The van der Waals surface area contributed by atoms with E-state index in [0.29, 0.717) is 5.95 Å². The number of aromatic nitrogens is 2. The molecular formula is C15H20N4S. The minimum absolute atomic E-state index is 0.649. The van der Waals surface area contributed by atoms with Crippen LogP contribution < -0.4 is 10.2 Å². The zero-order chi connectivity index (χ0) is 14.7. The van der Waals surface area contributed by atoms with Gasteiger partial charge in [0.15, 0.2) is 0 Å². The van der Waals surface area contributed by atoms with E-state index in [1.807, 2.05) is 34.0 Å². The molecule has 0 radical (unpaired) electrons. The molecule has 1 N–H and O–H groups in total. The lowest BCUT2D eigenvalue weighted by Crippen LogP contribution is -2.09. The quantitative estimate of drug-likeness (QED) is 0.870. The summed E-state index contributed by atoms with van der Waals surface area (Å²) in [6.07, 6.45) is 2.07. The fourth-order valence-electron chi connectivity index (χ4n) is 1.96. The molecule has 1 aromatic heterocycles. The maximum atomic E-state index is 4.42. The number of hydrogen-bond donors (Lipinski definition) is 1. The number of rotatable bonds is 4. The second kappa shape index (κ2) is 6.13. The lowest BCUT2D eigenvalue weighted by molar-refractivity contribution is 1.06. The highest BCUT2D eigenvalue weighted by molar-refractivity contribution is 7.98. The first kappa shape index (κ1) is 14.7. The molecule has 2 aromatic rings. The molecule has 0 spiro atoms. The van der Waals surface area contributed by atoms with E-state index in [1.54, 1.807) is 11.8 Å². The molecule has 0 unspecified atom stereocenters. The van der Waals surface area contributed by atoms with Gasteiger partial charge in [-0.2, -0.15) is 0 Å². The van der Waals surface area contributed by atoms with Crippen LogP contribution in [0.15, 0.2) is 29.2 Å². The highest BCUT2D eigenvalue weighted by Gasteiger charge is 2.07. The Kier molecular flexibility index (Phi) is 4.49. The molecule has 0 aliphatic rings. The largest absolute Gasteiger partial charge is 0.378 e. The summed E-state index contributed by atoms with van der Waals surface area (Å²) in [5.41, 5.74) is 4.15. The molecule has 0 aliphatic carbocycles. The smallest absolute Gasteiger partial charge is 0.227 e. The molecule has 106 valence electrons. The molecule has 1 heterocycles. The third kappa shape index (κ3) is 3.42. The maximum Gasteiger partial charge on any atom is 0.227 e. The van der Waals surface area contributed by atoms with Crippen molar-refractivity contribution in [2.24, 2.45) is 0 Å². The molecule has 5 heteroatoms. The molecule has 0 saturated carbocycles. The van der Waals surface area contributed by atoms with Gasteiger partial charge in [-0.05, 0) is 44.4 Å². The minimum atomic E-state index is 0.649. The van der Waals surface area contributed by atoms with Crippen molar-refractivity contribution < 1.29 is 0 Å². The summed E-state index contributed by atoms with van der Waals surface area (Å²) in [7, 11) is 4.08. The summed E-state index contributed by atoms with van der Waals surface area (Å²) in [6, 6.07) is 8.29. The van der Waals surface area contributed by atoms with Crippen molar-refractivity contribution in [1.29, 1.82) is 0 Å². The highest BCUT2D eigenvalue weighted by Crippen LogP contribution is 2.31. The number of thioether (sulfide) groups is 1. The van der Waals surface area contributed by atoms with Crippen LogP contribution in [0.5, 0.6) is 0 Å². The molecular weight excluding hydrogens is 268 g/mol. The van der Waals surface area contributed by atoms with E-state index in [2.05, 4.69) is 44.6 Å². The number of nitrogens with zero attached hydrogens (tertiary/aromatic N) is 3. The van der Waals surface area contributed by atoms with Crippen LogP contribution in [-0.2, 0) is 0 Å². The average molecular weight is 288 g/mol. The first-order valence-corrected chi connectivity index (χ1v) is 7.66. The Balaban J connectivity index is 2.33.